The second kappa shape index (κ2) is 5.84. The second-order valence-corrected chi connectivity index (χ2v) is 4.90. The van der Waals surface area contributed by atoms with Crippen LogP contribution in [0.15, 0.2) is 0 Å². The van der Waals surface area contributed by atoms with Gasteiger partial charge in [0.25, 0.3) is 0 Å². The van der Waals surface area contributed by atoms with Crippen molar-refractivity contribution in [2.24, 2.45) is 17.8 Å². The van der Waals surface area contributed by atoms with Gasteiger partial charge in [-0.15, -0.1) is 0 Å². The van der Waals surface area contributed by atoms with Crippen LogP contribution in [0.1, 0.15) is 19.8 Å². The van der Waals surface area contributed by atoms with Crippen molar-refractivity contribution in [3.8, 4) is 0 Å². The molecule has 0 aromatic heterocycles. The molecule has 3 unspecified atom stereocenters. The molecule has 0 aromatic carbocycles. The van der Waals surface area contributed by atoms with Crippen LogP contribution < -0.4 is 0 Å². The van der Waals surface area contributed by atoms with Gasteiger partial charge in [0.05, 0.1) is 18.9 Å². The fourth-order valence-electron chi connectivity index (χ4n) is 2.46. The predicted molar refractivity (Wildman–Crippen MR) is 62.7 cm³/mol. The molecule has 3 atom stereocenters. The molecule has 1 fully saturated rings. The predicted octanol–water partition coefficient (Wildman–Crippen LogP) is 0.365. The van der Waals surface area contributed by atoms with Crippen LogP contribution >= 0.6 is 0 Å². The van der Waals surface area contributed by atoms with E-state index in [1.54, 1.807) is 0 Å². The molecule has 0 heterocycles. The monoisotopic (exact) mass is 257 g/mol. The van der Waals surface area contributed by atoms with Crippen molar-refractivity contribution in [2.45, 2.75) is 19.8 Å². The average Bonchev–Trinajstić information content (AvgIpc) is 2.70. The Bertz CT molecular complexity index is 354. The zero-order valence-corrected chi connectivity index (χ0v) is 10.9. The Kier molecular flexibility index (Phi) is 4.69. The van der Waals surface area contributed by atoms with Crippen molar-refractivity contribution < 1.29 is 24.2 Å². The van der Waals surface area contributed by atoms with Gasteiger partial charge in [-0.05, 0) is 18.8 Å². The van der Waals surface area contributed by atoms with Gasteiger partial charge >= 0.3 is 11.9 Å². The molecule has 0 spiro atoms. The molecule has 1 amide bonds. The lowest BCUT2D eigenvalue weighted by Crippen LogP contribution is -2.39. The molecular weight excluding hydrogens is 238 g/mol. The van der Waals surface area contributed by atoms with Gasteiger partial charge in [0.2, 0.25) is 5.91 Å². The Labute approximate surface area is 106 Å². The molecule has 0 bridgehead atoms. The van der Waals surface area contributed by atoms with Crippen molar-refractivity contribution >= 4 is 17.8 Å². The summed E-state index contributed by atoms with van der Waals surface area (Å²) in [6.45, 7) is 1.79. The van der Waals surface area contributed by atoms with Crippen LogP contribution in [0.2, 0.25) is 0 Å². The highest BCUT2D eigenvalue weighted by atomic mass is 16.5. The third kappa shape index (κ3) is 3.21. The summed E-state index contributed by atoms with van der Waals surface area (Å²) in [4.78, 5) is 35.5. The lowest BCUT2D eigenvalue weighted by Gasteiger charge is -2.22. The standard InChI is InChI=1S/C12H19NO5/c1-7-4-8(9(5-7)12(16)17)11(15)13(2)6-10(14)18-3/h7-9H,4-6H2,1-3H3,(H,16,17). The summed E-state index contributed by atoms with van der Waals surface area (Å²) >= 11 is 0. The molecule has 1 N–H and O–H groups in total. The highest BCUT2D eigenvalue weighted by Crippen LogP contribution is 2.37. The number of nitrogens with zero attached hydrogens (tertiary/aromatic N) is 1. The van der Waals surface area contributed by atoms with Crippen molar-refractivity contribution in [1.82, 2.24) is 4.90 Å². The summed E-state index contributed by atoms with van der Waals surface area (Å²) in [5.74, 6) is -2.71. The topological polar surface area (TPSA) is 83.9 Å². The van der Waals surface area contributed by atoms with E-state index in [1.807, 2.05) is 6.92 Å². The van der Waals surface area contributed by atoms with E-state index < -0.39 is 23.8 Å². The van der Waals surface area contributed by atoms with Gasteiger partial charge in [0.1, 0.15) is 6.54 Å². The van der Waals surface area contributed by atoms with E-state index >= 15 is 0 Å². The Hall–Kier alpha value is -1.59. The molecular formula is C12H19NO5. The Morgan fingerprint density at radius 2 is 1.83 bits per heavy atom. The molecule has 1 aliphatic rings. The molecule has 1 saturated carbocycles. The van der Waals surface area contributed by atoms with E-state index in [1.165, 1.54) is 19.1 Å². The summed E-state index contributed by atoms with van der Waals surface area (Å²) in [5, 5.41) is 9.10. The first-order chi connectivity index (χ1) is 8.36. The summed E-state index contributed by atoms with van der Waals surface area (Å²) < 4.78 is 4.48. The number of hydrogen-bond donors (Lipinski definition) is 1. The average molecular weight is 257 g/mol. The number of carboxylic acids is 1. The first kappa shape index (κ1) is 14.5. The Morgan fingerprint density at radius 3 is 2.33 bits per heavy atom. The number of esters is 1. The van der Waals surface area contributed by atoms with Gasteiger partial charge in [-0.25, -0.2) is 0 Å². The number of carbonyl (C=O) groups is 3. The molecule has 0 saturated heterocycles. The highest BCUT2D eigenvalue weighted by Gasteiger charge is 2.42. The molecule has 102 valence electrons. The van der Waals surface area contributed by atoms with E-state index in [4.69, 9.17) is 5.11 Å². The number of aliphatic carboxylic acids is 1. The summed E-state index contributed by atoms with van der Waals surface area (Å²) in [7, 11) is 2.74. The minimum Gasteiger partial charge on any atom is -0.481 e. The van der Waals surface area contributed by atoms with E-state index in [2.05, 4.69) is 4.74 Å². The molecule has 0 radical (unpaired) electrons. The zero-order chi connectivity index (χ0) is 13.9. The van der Waals surface area contributed by atoms with Crippen molar-refractivity contribution in [3.63, 3.8) is 0 Å². The number of amides is 1. The third-order valence-electron chi connectivity index (χ3n) is 3.40. The normalized spacial score (nSPS) is 26.7. The largest absolute Gasteiger partial charge is 0.481 e. The maximum Gasteiger partial charge on any atom is 0.325 e. The number of carboxylic acid groups (broad SMARTS) is 1. The smallest absolute Gasteiger partial charge is 0.325 e. The first-order valence-electron chi connectivity index (χ1n) is 5.91. The van der Waals surface area contributed by atoms with Crippen molar-refractivity contribution in [3.05, 3.63) is 0 Å². The van der Waals surface area contributed by atoms with Crippen molar-refractivity contribution in [1.29, 1.82) is 0 Å². The molecule has 6 heteroatoms. The summed E-state index contributed by atoms with van der Waals surface area (Å²) in [6, 6.07) is 0. The van der Waals surface area contributed by atoms with E-state index in [0.717, 1.165) is 0 Å². The van der Waals surface area contributed by atoms with Crippen LogP contribution in [-0.4, -0.2) is 48.6 Å². The number of rotatable bonds is 4. The lowest BCUT2D eigenvalue weighted by molar-refractivity contribution is -0.151. The Balaban J connectivity index is 2.70. The Morgan fingerprint density at radius 1 is 1.28 bits per heavy atom. The molecule has 1 aliphatic carbocycles. The van der Waals surface area contributed by atoms with Crippen LogP contribution in [0.4, 0.5) is 0 Å². The van der Waals surface area contributed by atoms with Crippen LogP contribution in [0.3, 0.4) is 0 Å². The van der Waals surface area contributed by atoms with Gasteiger partial charge < -0.3 is 14.7 Å². The fraction of sp³-hybridized carbons (Fsp3) is 0.750. The quantitative estimate of drug-likeness (QED) is 0.735. The van der Waals surface area contributed by atoms with E-state index in [-0.39, 0.29) is 18.4 Å². The summed E-state index contributed by atoms with van der Waals surface area (Å²) in [5.41, 5.74) is 0. The van der Waals surface area contributed by atoms with Gasteiger partial charge in [-0.1, -0.05) is 6.92 Å². The highest BCUT2D eigenvalue weighted by molar-refractivity contribution is 5.87. The second-order valence-electron chi connectivity index (χ2n) is 4.90. The lowest BCUT2D eigenvalue weighted by atomic mass is 9.95. The van der Waals surface area contributed by atoms with Crippen molar-refractivity contribution in [2.75, 3.05) is 20.7 Å². The number of hydrogen-bond acceptors (Lipinski definition) is 4. The minimum atomic E-state index is -0.941. The number of carbonyl (C=O) groups excluding carboxylic acids is 2. The maximum atomic E-state index is 12.1. The van der Waals surface area contributed by atoms with Gasteiger partial charge in [-0.3, -0.25) is 14.4 Å². The molecule has 0 aromatic rings. The van der Waals surface area contributed by atoms with Crippen LogP contribution in [-0.2, 0) is 19.1 Å². The molecule has 1 rings (SSSR count). The van der Waals surface area contributed by atoms with E-state index in [0.29, 0.717) is 12.8 Å². The number of methoxy groups -OCH3 is 1. The van der Waals surface area contributed by atoms with Crippen LogP contribution in [0.25, 0.3) is 0 Å². The maximum absolute atomic E-state index is 12.1. The number of likely N-dealkylation sites (N-methyl/N-ethyl adjacent to an activating group) is 1. The first-order valence-corrected chi connectivity index (χ1v) is 5.91. The number of ether oxygens (including phenoxy) is 1. The van der Waals surface area contributed by atoms with Crippen LogP contribution in [0, 0.1) is 17.8 Å². The SMILES string of the molecule is COC(=O)CN(C)C(=O)C1CC(C)CC1C(=O)O. The minimum absolute atomic E-state index is 0.146. The fourth-order valence-corrected chi connectivity index (χ4v) is 2.46. The summed E-state index contributed by atoms with van der Waals surface area (Å²) in [6.07, 6.45) is 1.07. The van der Waals surface area contributed by atoms with E-state index in [9.17, 15) is 14.4 Å². The third-order valence-corrected chi connectivity index (χ3v) is 3.40. The zero-order valence-electron chi connectivity index (χ0n) is 10.9. The molecule has 6 nitrogen and oxygen atoms in total. The van der Waals surface area contributed by atoms with Gasteiger partial charge in [0.15, 0.2) is 0 Å². The van der Waals surface area contributed by atoms with Gasteiger partial charge in [-0.2, -0.15) is 0 Å². The molecule has 18 heavy (non-hydrogen) atoms. The molecule has 0 aliphatic heterocycles. The van der Waals surface area contributed by atoms with Gasteiger partial charge in [0, 0.05) is 7.05 Å². The van der Waals surface area contributed by atoms with Crippen LogP contribution in [0.5, 0.6) is 0 Å².